The molecule has 3 aromatic carbocycles. The molecule has 1 amide bonds. The highest BCUT2D eigenvalue weighted by atomic mass is 16.7. The van der Waals surface area contributed by atoms with Crippen LogP contribution in [0.2, 0.25) is 0 Å². The van der Waals surface area contributed by atoms with Gasteiger partial charge in [0.2, 0.25) is 6.79 Å². The van der Waals surface area contributed by atoms with E-state index in [-0.39, 0.29) is 18.6 Å². The van der Waals surface area contributed by atoms with Crippen molar-refractivity contribution < 1.29 is 18.8 Å². The number of nitrogens with zero attached hydrogens (tertiary/aromatic N) is 5. The number of carbonyl (C=O) groups excluding carboxylic acids is 1. The molecule has 202 valence electrons. The lowest BCUT2D eigenvalue weighted by Gasteiger charge is -2.33. The summed E-state index contributed by atoms with van der Waals surface area (Å²) in [6.45, 7) is 4.83. The highest BCUT2D eigenvalue weighted by Gasteiger charge is 2.36. The molecule has 1 aromatic heterocycles. The molecule has 0 radical (unpaired) electrons. The quantitative estimate of drug-likeness (QED) is 0.352. The van der Waals surface area contributed by atoms with Crippen LogP contribution in [0.4, 0.5) is 0 Å². The molecular weight excluding hydrogens is 502 g/mol. The summed E-state index contributed by atoms with van der Waals surface area (Å²) in [6, 6.07) is 20.8. The molecule has 3 aliphatic rings. The second kappa shape index (κ2) is 10.3. The minimum absolute atomic E-state index is 0.122. The van der Waals surface area contributed by atoms with E-state index in [9.17, 15) is 4.79 Å². The van der Waals surface area contributed by atoms with Gasteiger partial charge in [0.25, 0.3) is 5.91 Å². The van der Waals surface area contributed by atoms with Crippen LogP contribution in [-0.2, 0) is 17.9 Å². The second-order valence-electron chi connectivity index (χ2n) is 10.7. The van der Waals surface area contributed by atoms with Crippen LogP contribution in [0.1, 0.15) is 22.7 Å². The Balaban J connectivity index is 1.20. The summed E-state index contributed by atoms with van der Waals surface area (Å²) in [4.78, 5) is 22.7. The molecule has 1 saturated heterocycles. The molecular formula is C32H32N5O3+. The van der Waals surface area contributed by atoms with Gasteiger partial charge in [0.05, 0.1) is 24.0 Å². The molecule has 40 heavy (non-hydrogen) atoms. The average molecular weight is 535 g/mol. The highest BCUT2D eigenvalue weighted by molar-refractivity contribution is 6.02. The number of benzene rings is 3. The molecule has 1 fully saturated rings. The number of fused-ring (bicyclic) bond motifs is 2. The Hall–Kier alpha value is -4.43. The molecule has 0 spiro atoms. The second-order valence-corrected chi connectivity index (χ2v) is 10.7. The summed E-state index contributed by atoms with van der Waals surface area (Å²) >= 11 is 0. The van der Waals surface area contributed by atoms with Crippen molar-refractivity contribution in [3.8, 4) is 11.5 Å². The molecule has 4 heterocycles. The molecule has 4 aromatic rings. The fraction of sp³-hybridized carbons (Fsp3) is 0.281. The number of ether oxygens (including phenoxy) is 2. The van der Waals surface area contributed by atoms with Gasteiger partial charge in [0, 0.05) is 32.7 Å². The predicted molar refractivity (Wildman–Crippen MR) is 153 cm³/mol. The molecule has 0 aliphatic carbocycles. The van der Waals surface area contributed by atoms with Crippen LogP contribution in [0, 0.1) is 0 Å². The van der Waals surface area contributed by atoms with Gasteiger partial charge in [-0.15, -0.1) is 0 Å². The van der Waals surface area contributed by atoms with Crippen LogP contribution in [0.5, 0.6) is 11.5 Å². The van der Waals surface area contributed by atoms with E-state index in [1.54, 1.807) is 0 Å². The number of hydrogen-bond donors (Lipinski definition) is 0. The van der Waals surface area contributed by atoms with E-state index in [0.717, 1.165) is 60.1 Å². The van der Waals surface area contributed by atoms with Gasteiger partial charge in [-0.05, 0) is 41.1 Å². The summed E-state index contributed by atoms with van der Waals surface area (Å²) in [6.07, 6.45) is 8.01. The Morgan fingerprint density at radius 2 is 1.82 bits per heavy atom. The SMILES string of the molecule is CN1CCN(C(=O)C2=C[N+](Cc3cncn3Cc3ccc4c(c3)OCO4)=CC2c2cccc3ccccc23)CC1. The van der Waals surface area contributed by atoms with Gasteiger partial charge in [0.1, 0.15) is 5.69 Å². The topological polar surface area (TPSA) is 62.8 Å². The van der Waals surface area contributed by atoms with E-state index >= 15 is 0 Å². The van der Waals surface area contributed by atoms with Crippen LogP contribution < -0.4 is 9.47 Å². The Bertz CT molecular complexity index is 1640. The van der Waals surface area contributed by atoms with Gasteiger partial charge >= 0.3 is 0 Å². The van der Waals surface area contributed by atoms with Crippen molar-refractivity contribution in [3.05, 3.63) is 102 Å². The van der Waals surface area contributed by atoms with Crippen molar-refractivity contribution in [3.63, 3.8) is 0 Å². The van der Waals surface area contributed by atoms with Gasteiger partial charge < -0.3 is 23.8 Å². The predicted octanol–water partition coefficient (Wildman–Crippen LogP) is 3.85. The smallest absolute Gasteiger partial charge is 0.257 e. The molecule has 0 N–H and O–H groups in total. The average Bonchev–Trinajstić information content (AvgIpc) is 3.73. The number of aromatic nitrogens is 2. The fourth-order valence-electron chi connectivity index (χ4n) is 5.87. The summed E-state index contributed by atoms with van der Waals surface area (Å²) in [5.74, 6) is 1.56. The van der Waals surface area contributed by atoms with E-state index < -0.39 is 0 Å². The standard InChI is InChI=1S/C32H32N5O3/c1-34-11-13-36(14-12-34)32(38)29-20-35(19-28(29)27-8-4-6-24-5-2-3-7-26(24)27)18-25-16-33-21-37(25)17-23-9-10-30-31(15-23)40-22-39-30/h2-10,15-16,19-21,28H,11-14,17-18,22H2,1H3/q+1. The van der Waals surface area contributed by atoms with Crippen molar-refractivity contribution in [1.82, 2.24) is 19.4 Å². The van der Waals surface area contributed by atoms with Gasteiger partial charge in [-0.3, -0.25) is 4.79 Å². The number of hydrogen-bond acceptors (Lipinski definition) is 5. The zero-order valence-corrected chi connectivity index (χ0v) is 22.6. The molecule has 3 aliphatic heterocycles. The molecule has 1 unspecified atom stereocenters. The fourth-order valence-corrected chi connectivity index (χ4v) is 5.87. The van der Waals surface area contributed by atoms with Crippen molar-refractivity contribution >= 4 is 22.9 Å². The molecule has 1 atom stereocenters. The first-order valence-corrected chi connectivity index (χ1v) is 13.8. The summed E-state index contributed by atoms with van der Waals surface area (Å²) in [5.41, 5.74) is 4.16. The van der Waals surface area contributed by atoms with Crippen molar-refractivity contribution in [2.75, 3.05) is 40.0 Å². The Morgan fingerprint density at radius 3 is 2.73 bits per heavy atom. The van der Waals surface area contributed by atoms with Gasteiger partial charge in [-0.1, -0.05) is 48.5 Å². The van der Waals surface area contributed by atoms with Crippen LogP contribution in [0.15, 0.2) is 85.0 Å². The maximum atomic E-state index is 13.9. The van der Waals surface area contributed by atoms with Gasteiger partial charge in [0.15, 0.2) is 30.5 Å². The molecule has 7 rings (SSSR count). The van der Waals surface area contributed by atoms with Gasteiger partial charge in [-0.2, -0.15) is 0 Å². The Kier molecular flexibility index (Phi) is 6.32. The molecule has 0 bridgehead atoms. The van der Waals surface area contributed by atoms with Gasteiger partial charge in [-0.25, -0.2) is 9.56 Å². The summed E-state index contributed by atoms with van der Waals surface area (Å²) in [5, 5.41) is 2.36. The number of amides is 1. The zero-order chi connectivity index (χ0) is 27.1. The number of rotatable bonds is 6. The third-order valence-corrected chi connectivity index (χ3v) is 8.11. The van der Waals surface area contributed by atoms with E-state index in [0.29, 0.717) is 13.1 Å². The maximum Gasteiger partial charge on any atom is 0.257 e. The third-order valence-electron chi connectivity index (χ3n) is 8.11. The molecule has 8 heteroatoms. The number of carbonyl (C=O) groups is 1. The Morgan fingerprint density at radius 1 is 1.00 bits per heavy atom. The number of likely N-dealkylation sites (N-methyl/N-ethyl adjacent to an activating group) is 1. The van der Waals surface area contributed by atoms with Crippen molar-refractivity contribution in [2.24, 2.45) is 0 Å². The lowest BCUT2D eigenvalue weighted by atomic mass is 9.89. The van der Waals surface area contributed by atoms with Crippen molar-refractivity contribution in [2.45, 2.75) is 19.0 Å². The van der Waals surface area contributed by atoms with E-state index in [2.05, 4.69) is 80.8 Å². The van der Waals surface area contributed by atoms with E-state index in [1.165, 1.54) is 10.8 Å². The highest BCUT2D eigenvalue weighted by Crippen LogP contribution is 2.34. The third kappa shape index (κ3) is 4.64. The molecule has 0 saturated carbocycles. The summed E-state index contributed by atoms with van der Waals surface area (Å²) in [7, 11) is 2.11. The minimum atomic E-state index is -0.122. The van der Waals surface area contributed by atoms with E-state index in [1.807, 2.05) is 35.8 Å². The van der Waals surface area contributed by atoms with Crippen molar-refractivity contribution in [1.29, 1.82) is 0 Å². The largest absolute Gasteiger partial charge is 0.454 e. The number of piperazine rings is 1. The van der Waals surface area contributed by atoms with Crippen LogP contribution in [0.25, 0.3) is 10.8 Å². The minimum Gasteiger partial charge on any atom is -0.454 e. The first-order chi connectivity index (χ1) is 19.6. The Labute approximate surface area is 233 Å². The number of imidazole rings is 1. The first-order valence-electron chi connectivity index (χ1n) is 13.8. The maximum absolute atomic E-state index is 13.9. The summed E-state index contributed by atoms with van der Waals surface area (Å²) < 4.78 is 15.3. The monoisotopic (exact) mass is 534 g/mol. The first kappa shape index (κ1) is 24.6. The molecule has 8 nitrogen and oxygen atoms in total. The van der Waals surface area contributed by atoms with Crippen LogP contribution in [-0.4, -0.2) is 76.1 Å². The van der Waals surface area contributed by atoms with Crippen LogP contribution >= 0.6 is 0 Å². The zero-order valence-electron chi connectivity index (χ0n) is 22.6. The normalized spacial score (nSPS) is 18.7. The lowest BCUT2D eigenvalue weighted by molar-refractivity contribution is -0.468. The van der Waals surface area contributed by atoms with E-state index in [4.69, 9.17) is 9.47 Å². The van der Waals surface area contributed by atoms with Crippen LogP contribution in [0.3, 0.4) is 0 Å². The lowest BCUT2D eigenvalue weighted by Crippen LogP contribution is -2.47.